The molecule has 0 aliphatic rings. The molecule has 0 unspecified atom stereocenters. The second-order valence-corrected chi connectivity index (χ2v) is 3.03. The smallest absolute Gasteiger partial charge is 0.449 e. The first-order valence-electron chi connectivity index (χ1n) is 4.30. The van der Waals surface area contributed by atoms with Gasteiger partial charge in [0.15, 0.2) is 0 Å². The van der Waals surface area contributed by atoms with Crippen molar-refractivity contribution < 1.29 is 17.7 Å². The van der Waals surface area contributed by atoms with Gasteiger partial charge in [0.25, 0.3) is 5.91 Å². The molecule has 1 N–H and O–H groups in total. The van der Waals surface area contributed by atoms with Gasteiger partial charge < -0.3 is 18.3 Å². The van der Waals surface area contributed by atoms with Gasteiger partial charge in [0.1, 0.15) is 0 Å². The third-order valence-corrected chi connectivity index (χ3v) is 1.75. The number of nitrogens with one attached hydrogen (secondary N) is 1. The Morgan fingerprint density at radius 1 is 1.53 bits per heavy atom. The van der Waals surface area contributed by atoms with Crippen molar-refractivity contribution in [2.24, 2.45) is 0 Å². The molecule has 0 radical (unpaired) electrons. The lowest BCUT2D eigenvalue weighted by Gasteiger charge is -2.12. The van der Waals surface area contributed by atoms with Crippen molar-refractivity contribution in [3.63, 3.8) is 0 Å². The number of carbonyl (C=O) groups excluding carboxylic acids is 1. The molecular formula is C8H9BF3N2O-. The zero-order valence-corrected chi connectivity index (χ0v) is 8.01. The second kappa shape index (κ2) is 4.33. The Labute approximate surface area is 84.8 Å². The van der Waals surface area contributed by atoms with E-state index in [4.69, 9.17) is 0 Å². The maximum atomic E-state index is 12.1. The molecule has 1 aromatic rings. The molecule has 0 saturated heterocycles. The molecule has 3 nitrogen and oxygen atoms in total. The molecule has 7 heteroatoms. The van der Waals surface area contributed by atoms with E-state index in [0.717, 1.165) is 6.07 Å². The van der Waals surface area contributed by atoms with Crippen molar-refractivity contribution in [3.8, 4) is 0 Å². The van der Waals surface area contributed by atoms with E-state index < -0.39 is 19.2 Å². The van der Waals surface area contributed by atoms with Crippen LogP contribution < -0.4 is 5.32 Å². The van der Waals surface area contributed by atoms with Crippen molar-refractivity contribution in [1.82, 2.24) is 10.3 Å². The number of rotatable bonds is 3. The van der Waals surface area contributed by atoms with Crippen LogP contribution in [0.25, 0.3) is 0 Å². The summed E-state index contributed by atoms with van der Waals surface area (Å²) in [6.45, 7) is -4.92. The lowest BCUT2D eigenvalue weighted by Crippen LogP contribution is -2.22. The molecule has 0 bridgehead atoms. The SMILES string of the molecule is CNC(=O)c1ccnc(C[B-](F)(F)F)c1. The van der Waals surface area contributed by atoms with E-state index in [9.17, 15) is 17.7 Å². The van der Waals surface area contributed by atoms with Crippen molar-refractivity contribution in [3.05, 3.63) is 29.6 Å². The molecule has 1 heterocycles. The topological polar surface area (TPSA) is 42.0 Å². The number of hydrogen-bond acceptors (Lipinski definition) is 2. The number of aromatic nitrogens is 1. The highest BCUT2D eigenvalue weighted by atomic mass is 19.4. The Kier molecular flexibility index (Phi) is 3.33. The van der Waals surface area contributed by atoms with Crippen LogP contribution in [0.1, 0.15) is 16.1 Å². The fraction of sp³-hybridized carbons (Fsp3) is 0.250. The average Bonchev–Trinajstić information content (AvgIpc) is 2.14. The van der Waals surface area contributed by atoms with Gasteiger partial charge >= 0.3 is 6.98 Å². The lowest BCUT2D eigenvalue weighted by molar-refractivity contribution is 0.0963. The van der Waals surface area contributed by atoms with Crippen molar-refractivity contribution in [2.75, 3.05) is 7.05 Å². The van der Waals surface area contributed by atoms with Crippen LogP contribution in [0.15, 0.2) is 18.3 Å². The van der Waals surface area contributed by atoms with Crippen molar-refractivity contribution >= 4 is 12.9 Å². The molecule has 0 atom stereocenters. The number of pyridine rings is 1. The summed E-state index contributed by atoms with van der Waals surface area (Å²) in [7, 11) is 1.41. The Bertz CT molecular complexity index is 367. The van der Waals surface area contributed by atoms with Gasteiger partial charge in [-0.05, 0) is 18.5 Å². The van der Waals surface area contributed by atoms with Crippen LogP contribution in [0.5, 0.6) is 0 Å². The molecule has 0 saturated carbocycles. The highest BCUT2D eigenvalue weighted by Gasteiger charge is 2.24. The maximum Gasteiger partial charge on any atom is 0.484 e. The zero-order chi connectivity index (χ0) is 11.5. The summed E-state index contributed by atoms with van der Waals surface area (Å²) in [6.07, 6.45) is 0.132. The standard InChI is InChI=1S/C8H9BF3N2O/c1-13-8(15)6-2-3-14-7(4-6)5-9(10,11)12/h2-4H,5H2,1H3,(H,13,15)/q-1. The Balaban J connectivity index is 2.88. The van der Waals surface area contributed by atoms with E-state index >= 15 is 0 Å². The van der Waals surface area contributed by atoms with Gasteiger partial charge in [0, 0.05) is 24.5 Å². The summed E-state index contributed by atoms with van der Waals surface area (Å²) in [5.74, 6) is -0.423. The third-order valence-electron chi connectivity index (χ3n) is 1.75. The Hall–Kier alpha value is -1.53. The van der Waals surface area contributed by atoms with Gasteiger partial charge in [-0.15, -0.1) is 0 Å². The summed E-state index contributed by atoms with van der Waals surface area (Å²) in [6, 6.07) is 2.51. The molecule has 1 rings (SSSR count). The van der Waals surface area contributed by atoms with Crippen molar-refractivity contribution in [2.45, 2.75) is 6.32 Å². The molecule has 15 heavy (non-hydrogen) atoms. The predicted molar refractivity (Wildman–Crippen MR) is 50.4 cm³/mol. The number of carbonyl (C=O) groups is 1. The normalized spacial score (nSPS) is 11.2. The summed E-state index contributed by atoms with van der Waals surface area (Å²) >= 11 is 0. The van der Waals surface area contributed by atoms with Gasteiger partial charge in [-0.2, -0.15) is 0 Å². The second-order valence-electron chi connectivity index (χ2n) is 3.03. The maximum absolute atomic E-state index is 12.1. The Morgan fingerprint density at radius 3 is 2.73 bits per heavy atom. The fourth-order valence-corrected chi connectivity index (χ4v) is 1.11. The van der Waals surface area contributed by atoms with E-state index in [1.165, 1.54) is 19.3 Å². The van der Waals surface area contributed by atoms with E-state index in [1.54, 1.807) is 0 Å². The van der Waals surface area contributed by atoms with E-state index in [2.05, 4.69) is 10.3 Å². The van der Waals surface area contributed by atoms with Crippen molar-refractivity contribution in [1.29, 1.82) is 0 Å². The van der Waals surface area contributed by atoms with Crippen LogP contribution >= 0.6 is 0 Å². The molecule has 82 valence electrons. The lowest BCUT2D eigenvalue weighted by atomic mass is 9.84. The first-order valence-corrected chi connectivity index (χ1v) is 4.30. The third kappa shape index (κ3) is 3.61. The molecule has 0 fully saturated rings. The minimum absolute atomic E-state index is 0.136. The zero-order valence-electron chi connectivity index (χ0n) is 8.01. The average molecular weight is 217 g/mol. The molecule has 1 aromatic heterocycles. The summed E-state index contributed by atoms with van der Waals surface area (Å²) < 4.78 is 36.2. The van der Waals surface area contributed by atoms with Crippen LogP contribution in [0.2, 0.25) is 0 Å². The number of nitrogens with zero attached hydrogens (tertiary/aromatic N) is 1. The summed E-state index contributed by atoms with van der Waals surface area (Å²) in [4.78, 5) is 14.7. The first kappa shape index (κ1) is 11.5. The number of amides is 1. The predicted octanol–water partition coefficient (Wildman–Crippen LogP) is 1.37. The quantitative estimate of drug-likeness (QED) is 0.776. The minimum atomic E-state index is -4.92. The molecule has 1 amide bonds. The molecule has 0 spiro atoms. The highest BCUT2D eigenvalue weighted by molar-refractivity contribution is 6.57. The van der Waals surface area contributed by atoms with E-state index in [0.29, 0.717) is 0 Å². The first-order chi connectivity index (χ1) is 6.92. The van der Waals surface area contributed by atoms with Gasteiger partial charge in [-0.25, -0.2) is 0 Å². The van der Waals surface area contributed by atoms with Crippen LogP contribution in [0.4, 0.5) is 12.9 Å². The summed E-state index contributed by atoms with van der Waals surface area (Å²) in [5, 5.41) is 2.33. The minimum Gasteiger partial charge on any atom is -0.449 e. The molecule has 0 aliphatic heterocycles. The molecular weight excluding hydrogens is 208 g/mol. The number of hydrogen-bond donors (Lipinski definition) is 1. The fourth-order valence-electron chi connectivity index (χ4n) is 1.11. The van der Waals surface area contributed by atoms with Crippen LogP contribution in [-0.4, -0.2) is 24.9 Å². The van der Waals surface area contributed by atoms with Crippen LogP contribution in [-0.2, 0) is 6.32 Å². The van der Waals surface area contributed by atoms with Gasteiger partial charge in [-0.1, -0.05) is 0 Å². The summed E-state index contributed by atoms with van der Waals surface area (Å²) in [5.41, 5.74) is 0.0474. The molecule has 0 aromatic carbocycles. The highest BCUT2D eigenvalue weighted by Crippen LogP contribution is 2.15. The van der Waals surface area contributed by atoms with Gasteiger partial charge in [0.2, 0.25) is 0 Å². The van der Waals surface area contributed by atoms with Gasteiger partial charge in [0.05, 0.1) is 0 Å². The number of halogens is 3. The largest absolute Gasteiger partial charge is 0.484 e. The Morgan fingerprint density at radius 2 is 2.20 bits per heavy atom. The van der Waals surface area contributed by atoms with Gasteiger partial charge in [-0.3, -0.25) is 9.78 Å². The van der Waals surface area contributed by atoms with Crippen LogP contribution in [0, 0.1) is 0 Å². The van der Waals surface area contributed by atoms with Crippen LogP contribution in [0.3, 0.4) is 0 Å². The molecule has 0 aliphatic carbocycles. The van der Waals surface area contributed by atoms with E-state index in [-0.39, 0.29) is 11.3 Å². The monoisotopic (exact) mass is 217 g/mol. The van der Waals surface area contributed by atoms with E-state index in [1.807, 2.05) is 0 Å².